The molecule has 0 aliphatic rings. The van der Waals surface area contributed by atoms with Crippen LogP contribution in [-0.4, -0.2) is 40.1 Å². The Kier molecular flexibility index (Phi) is 9.23. The maximum Gasteiger partial charge on any atom is 0.330 e. The molecule has 0 bridgehead atoms. The predicted molar refractivity (Wildman–Crippen MR) is 118 cm³/mol. The second kappa shape index (κ2) is 11.9. The van der Waals surface area contributed by atoms with Crippen LogP contribution >= 0.6 is 0 Å². The second-order valence-corrected chi connectivity index (χ2v) is 8.07. The minimum absolute atomic E-state index is 0.0270. The van der Waals surface area contributed by atoms with E-state index in [9.17, 15) is 18.0 Å². The molecule has 0 atom stereocenters. The van der Waals surface area contributed by atoms with E-state index in [2.05, 4.69) is 10.0 Å². The number of nitrogens with one attached hydrogen (secondary N) is 2. The van der Waals surface area contributed by atoms with Crippen LogP contribution in [0.2, 0.25) is 0 Å². The molecule has 166 valence electrons. The monoisotopic (exact) mass is 446 g/mol. The Morgan fingerprint density at radius 2 is 1.65 bits per heavy atom. The number of benzene rings is 2. The van der Waals surface area contributed by atoms with E-state index in [0.717, 1.165) is 5.56 Å². The average Bonchev–Trinajstić information content (AvgIpc) is 2.74. The van der Waals surface area contributed by atoms with E-state index in [0.29, 0.717) is 24.7 Å². The molecule has 0 fully saturated rings. The highest BCUT2D eigenvalue weighted by molar-refractivity contribution is 7.89. The van der Waals surface area contributed by atoms with Gasteiger partial charge in [-0.2, -0.15) is 0 Å². The maximum atomic E-state index is 12.3. The fourth-order valence-electron chi connectivity index (χ4n) is 2.52. The van der Waals surface area contributed by atoms with Gasteiger partial charge in [-0.25, -0.2) is 17.9 Å². The van der Waals surface area contributed by atoms with Crippen LogP contribution in [0.5, 0.6) is 5.75 Å². The highest BCUT2D eigenvalue weighted by Crippen LogP contribution is 2.16. The van der Waals surface area contributed by atoms with E-state index in [1.54, 1.807) is 49.4 Å². The minimum atomic E-state index is -3.71. The first kappa shape index (κ1) is 24.1. The van der Waals surface area contributed by atoms with Crippen LogP contribution in [0, 0.1) is 0 Å². The molecule has 31 heavy (non-hydrogen) atoms. The van der Waals surface area contributed by atoms with Crippen molar-refractivity contribution in [2.24, 2.45) is 0 Å². The Bertz CT molecular complexity index is 999. The second-order valence-electron chi connectivity index (χ2n) is 6.31. The number of ether oxygens (including phenoxy) is 2. The molecule has 0 saturated heterocycles. The smallest absolute Gasteiger partial charge is 0.330 e. The zero-order valence-electron chi connectivity index (χ0n) is 17.5. The lowest BCUT2D eigenvalue weighted by molar-refractivity contribution is -0.137. The third-order valence-corrected chi connectivity index (χ3v) is 5.46. The topological polar surface area (TPSA) is 111 Å². The number of hydrogen-bond acceptors (Lipinski definition) is 6. The van der Waals surface area contributed by atoms with Gasteiger partial charge in [0.1, 0.15) is 5.75 Å². The zero-order chi connectivity index (χ0) is 22.7. The fourth-order valence-corrected chi connectivity index (χ4v) is 3.55. The summed E-state index contributed by atoms with van der Waals surface area (Å²) in [5.74, 6) is -0.167. The number of esters is 1. The molecule has 8 nitrogen and oxygen atoms in total. The highest BCUT2D eigenvalue weighted by atomic mass is 32.2. The first-order valence-electron chi connectivity index (χ1n) is 9.81. The molecule has 2 aromatic carbocycles. The Hall–Kier alpha value is -3.17. The van der Waals surface area contributed by atoms with Gasteiger partial charge in [0, 0.05) is 24.7 Å². The van der Waals surface area contributed by atoms with E-state index in [-0.39, 0.29) is 23.8 Å². The van der Waals surface area contributed by atoms with Crippen molar-refractivity contribution in [3.8, 4) is 5.75 Å². The minimum Gasteiger partial charge on any atom is -0.494 e. The van der Waals surface area contributed by atoms with Gasteiger partial charge in [0.25, 0.3) is 0 Å². The van der Waals surface area contributed by atoms with Crippen LogP contribution in [0.3, 0.4) is 0 Å². The van der Waals surface area contributed by atoms with Crippen LogP contribution < -0.4 is 14.8 Å². The van der Waals surface area contributed by atoms with E-state index in [1.165, 1.54) is 18.2 Å². The van der Waals surface area contributed by atoms with Gasteiger partial charge >= 0.3 is 5.97 Å². The summed E-state index contributed by atoms with van der Waals surface area (Å²) in [5.41, 5.74) is 1.34. The number of amides is 1. The molecule has 0 radical (unpaired) electrons. The fraction of sp³-hybridized carbons (Fsp3) is 0.273. The molecular formula is C22H26N2O6S. The van der Waals surface area contributed by atoms with Crippen LogP contribution in [0.25, 0.3) is 6.08 Å². The van der Waals surface area contributed by atoms with E-state index >= 15 is 0 Å². The van der Waals surface area contributed by atoms with Crippen molar-refractivity contribution in [3.05, 3.63) is 60.2 Å². The summed E-state index contributed by atoms with van der Waals surface area (Å²) in [6.45, 7) is 4.34. The number of sulfonamides is 1. The third-order valence-electron chi connectivity index (χ3n) is 3.98. The molecule has 0 aliphatic carbocycles. The number of rotatable bonds is 11. The third kappa shape index (κ3) is 8.23. The molecule has 9 heteroatoms. The molecule has 0 unspecified atom stereocenters. The molecule has 0 spiro atoms. The quantitative estimate of drug-likeness (QED) is 0.406. The SMILES string of the molecule is CCOC(=O)/C=C/c1ccc(NC(=O)CCNS(=O)(=O)c2ccc(OCC)cc2)cc1. The number of anilines is 1. The maximum absolute atomic E-state index is 12.3. The predicted octanol–water partition coefficient (Wildman–Crippen LogP) is 2.97. The summed E-state index contributed by atoms with van der Waals surface area (Å²) >= 11 is 0. The lowest BCUT2D eigenvalue weighted by Crippen LogP contribution is -2.27. The van der Waals surface area contributed by atoms with Crippen molar-refractivity contribution >= 4 is 33.7 Å². The molecule has 0 aromatic heterocycles. The molecule has 0 saturated carbocycles. The highest BCUT2D eigenvalue weighted by Gasteiger charge is 2.14. The van der Waals surface area contributed by atoms with Crippen LogP contribution in [0.15, 0.2) is 59.5 Å². The van der Waals surface area contributed by atoms with Gasteiger partial charge in [0.05, 0.1) is 18.1 Å². The van der Waals surface area contributed by atoms with Gasteiger partial charge in [-0.15, -0.1) is 0 Å². The van der Waals surface area contributed by atoms with Gasteiger partial charge in [0.15, 0.2) is 0 Å². The van der Waals surface area contributed by atoms with E-state index in [4.69, 9.17) is 9.47 Å². The summed E-state index contributed by atoms with van der Waals surface area (Å²) in [4.78, 5) is 23.5. The van der Waals surface area contributed by atoms with Gasteiger partial charge in [-0.3, -0.25) is 4.79 Å². The van der Waals surface area contributed by atoms with Gasteiger partial charge < -0.3 is 14.8 Å². The Morgan fingerprint density at radius 3 is 2.26 bits per heavy atom. The largest absolute Gasteiger partial charge is 0.494 e. The molecule has 2 rings (SSSR count). The first-order valence-corrected chi connectivity index (χ1v) is 11.3. The summed E-state index contributed by atoms with van der Waals surface area (Å²) in [6, 6.07) is 12.9. The first-order chi connectivity index (χ1) is 14.8. The van der Waals surface area contributed by atoms with Crippen LogP contribution in [0.4, 0.5) is 5.69 Å². The van der Waals surface area contributed by atoms with Crippen molar-refractivity contribution in [2.45, 2.75) is 25.2 Å². The molecule has 0 heterocycles. The van der Waals surface area contributed by atoms with Crippen LogP contribution in [0.1, 0.15) is 25.8 Å². The Balaban J connectivity index is 1.81. The van der Waals surface area contributed by atoms with E-state index in [1.807, 2.05) is 6.92 Å². The molecular weight excluding hydrogens is 420 g/mol. The molecule has 1 amide bonds. The van der Waals surface area contributed by atoms with Crippen molar-refractivity contribution in [3.63, 3.8) is 0 Å². The van der Waals surface area contributed by atoms with Gasteiger partial charge in [-0.1, -0.05) is 12.1 Å². The molecule has 0 aliphatic heterocycles. The lowest BCUT2D eigenvalue weighted by atomic mass is 10.2. The van der Waals surface area contributed by atoms with Crippen molar-refractivity contribution in [1.29, 1.82) is 0 Å². The summed E-state index contributed by atoms with van der Waals surface area (Å²) in [6.07, 6.45) is 2.91. The number of carbonyl (C=O) groups is 2. The zero-order valence-corrected chi connectivity index (χ0v) is 18.3. The van der Waals surface area contributed by atoms with Crippen molar-refractivity contribution in [1.82, 2.24) is 4.72 Å². The Labute approximate surface area is 182 Å². The van der Waals surface area contributed by atoms with Crippen LogP contribution in [-0.2, 0) is 24.3 Å². The number of carbonyl (C=O) groups excluding carboxylic acids is 2. The Morgan fingerprint density at radius 1 is 0.968 bits per heavy atom. The summed E-state index contributed by atoms with van der Waals surface area (Å²) in [7, 11) is -3.71. The van der Waals surface area contributed by atoms with E-state index < -0.39 is 16.0 Å². The van der Waals surface area contributed by atoms with Crippen molar-refractivity contribution < 1.29 is 27.5 Å². The number of hydrogen-bond donors (Lipinski definition) is 2. The van der Waals surface area contributed by atoms with Gasteiger partial charge in [-0.05, 0) is 61.9 Å². The molecule has 2 aromatic rings. The van der Waals surface area contributed by atoms with Gasteiger partial charge in [0.2, 0.25) is 15.9 Å². The molecule has 2 N–H and O–H groups in total. The normalized spacial score (nSPS) is 11.3. The standard InChI is InChI=1S/C22H26N2O6S/c1-3-29-19-10-12-20(13-11-19)31(27,28)23-16-15-21(25)24-18-8-5-17(6-9-18)7-14-22(26)30-4-2/h5-14,23H,3-4,15-16H2,1-2H3,(H,24,25)/b14-7+. The van der Waals surface area contributed by atoms with Crippen molar-refractivity contribution in [2.75, 3.05) is 25.1 Å². The summed E-state index contributed by atoms with van der Waals surface area (Å²) in [5, 5.41) is 2.70. The lowest BCUT2D eigenvalue weighted by Gasteiger charge is -2.09. The average molecular weight is 447 g/mol. The summed E-state index contributed by atoms with van der Waals surface area (Å²) < 4.78 is 37.1.